The number of anilines is 1. The molecule has 0 spiro atoms. The minimum atomic E-state index is -1.61. The number of carbonyl (C=O) groups is 2. The number of hydrogen-bond donors (Lipinski definition) is 2. The number of nitrogens with zero attached hydrogens (tertiary/aromatic N) is 1. The normalized spacial score (nSPS) is 10.2. The van der Waals surface area contributed by atoms with Crippen molar-refractivity contribution in [3.05, 3.63) is 59.2 Å². The van der Waals surface area contributed by atoms with Crippen LogP contribution in [-0.2, 0) is 0 Å². The summed E-state index contributed by atoms with van der Waals surface area (Å²) in [5.41, 5.74) is -1.53. The van der Waals surface area contributed by atoms with Gasteiger partial charge in [0.1, 0.15) is 23.1 Å². The van der Waals surface area contributed by atoms with Gasteiger partial charge in [-0.3, -0.25) is 4.79 Å². The minimum absolute atomic E-state index is 0.211. The molecule has 2 rings (SSSR count). The third kappa shape index (κ3) is 3.16. The zero-order valence-corrected chi connectivity index (χ0v) is 10.2. The monoisotopic (exact) mass is 296 g/mol. The molecule has 2 N–H and O–H groups in total. The second-order valence-corrected chi connectivity index (χ2v) is 3.93. The largest absolute Gasteiger partial charge is 0.478 e. The van der Waals surface area contributed by atoms with Gasteiger partial charge in [-0.2, -0.15) is 0 Å². The Bertz CT molecular complexity index is 717. The zero-order chi connectivity index (χ0) is 15.6. The van der Waals surface area contributed by atoms with Crippen molar-refractivity contribution in [1.29, 1.82) is 0 Å². The van der Waals surface area contributed by atoms with E-state index in [2.05, 4.69) is 4.98 Å². The molecule has 0 radical (unpaired) electrons. The van der Waals surface area contributed by atoms with Crippen molar-refractivity contribution in [1.82, 2.24) is 4.98 Å². The van der Waals surface area contributed by atoms with E-state index in [1.165, 1.54) is 0 Å². The van der Waals surface area contributed by atoms with Gasteiger partial charge in [-0.25, -0.2) is 22.9 Å². The first-order valence-electron chi connectivity index (χ1n) is 5.53. The highest BCUT2D eigenvalue weighted by atomic mass is 19.1. The quantitative estimate of drug-likeness (QED) is 0.911. The lowest BCUT2D eigenvalue weighted by Crippen LogP contribution is -2.15. The Kier molecular flexibility index (Phi) is 3.88. The van der Waals surface area contributed by atoms with Gasteiger partial charge >= 0.3 is 5.97 Å². The number of halogens is 3. The van der Waals surface area contributed by atoms with Crippen LogP contribution in [0.1, 0.15) is 20.8 Å². The highest BCUT2D eigenvalue weighted by Gasteiger charge is 2.17. The van der Waals surface area contributed by atoms with E-state index in [0.717, 1.165) is 18.3 Å². The van der Waals surface area contributed by atoms with Crippen molar-refractivity contribution < 1.29 is 27.9 Å². The Morgan fingerprint density at radius 1 is 1.10 bits per heavy atom. The summed E-state index contributed by atoms with van der Waals surface area (Å²) >= 11 is 0. The standard InChI is InChI=1S/C13H7F3N2O3/c14-6-1-2-10(17-5-6)12(19)18-11-3-7(13(20)21)8(15)4-9(11)16/h1-5H,(H,18,19)(H,20,21). The number of amides is 1. The van der Waals surface area contributed by atoms with E-state index in [-0.39, 0.29) is 5.69 Å². The molecule has 0 aliphatic carbocycles. The van der Waals surface area contributed by atoms with E-state index in [1.807, 2.05) is 5.32 Å². The number of hydrogen-bond acceptors (Lipinski definition) is 3. The maximum Gasteiger partial charge on any atom is 0.338 e. The van der Waals surface area contributed by atoms with Gasteiger partial charge in [-0.15, -0.1) is 0 Å². The van der Waals surface area contributed by atoms with Gasteiger partial charge in [0.25, 0.3) is 5.91 Å². The molecule has 0 aliphatic heterocycles. The Labute approximate surface area is 116 Å². The molecule has 0 atom stereocenters. The van der Waals surface area contributed by atoms with Crippen LogP contribution in [0.4, 0.5) is 18.9 Å². The number of carbonyl (C=O) groups excluding carboxylic acids is 1. The molecule has 1 amide bonds. The number of nitrogens with one attached hydrogen (secondary N) is 1. The molecule has 1 aromatic carbocycles. The molecule has 0 aliphatic rings. The summed E-state index contributed by atoms with van der Waals surface area (Å²) in [5, 5.41) is 10.8. The molecule has 21 heavy (non-hydrogen) atoms. The molecule has 1 heterocycles. The maximum absolute atomic E-state index is 13.5. The minimum Gasteiger partial charge on any atom is -0.478 e. The van der Waals surface area contributed by atoms with Crippen LogP contribution in [0.3, 0.4) is 0 Å². The Morgan fingerprint density at radius 2 is 1.81 bits per heavy atom. The fourth-order valence-electron chi connectivity index (χ4n) is 1.51. The van der Waals surface area contributed by atoms with Crippen molar-refractivity contribution in [3.63, 3.8) is 0 Å². The molecule has 5 nitrogen and oxygen atoms in total. The summed E-state index contributed by atoms with van der Waals surface area (Å²) in [6.07, 6.45) is 0.790. The summed E-state index contributed by atoms with van der Waals surface area (Å²) in [7, 11) is 0. The molecule has 8 heteroatoms. The van der Waals surface area contributed by atoms with Crippen LogP contribution in [0.25, 0.3) is 0 Å². The number of carboxylic acids is 1. The lowest BCUT2D eigenvalue weighted by Gasteiger charge is -2.07. The Hall–Kier alpha value is -2.90. The van der Waals surface area contributed by atoms with E-state index >= 15 is 0 Å². The zero-order valence-electron chi connectivity index (χ0n) is 10.2. The Morgan fingerprint density at radius 3 is 2.38 bits per heavy atom. The average molecular weight is 296 g/mol. The molecule has 0 bridgehead atoms. The lowest BCUT2D eigenvalue weighted by molar-refractivity contribution is 0.0691. The molecule has 0 fully saturated rings. The van der Waals surface area contributed by atoms with Crippen molar-refractivity contribution in [2.45, 2.75) is 0 Å². The van der Waals surface area contributed by atoms with E-state index in [9.17, 15) is 22.8 Å². The third-order valence-electron chi connectivity index (χ3n) is 2.50. The number of rotatable bonds is 3. The number of pyridine rings is 1. The van der Waals surface area contributed by atoms with Crippen LogP contribution < -0.4 is 5.32 Å². The van der Waals surface area contributed by atoms with Gasteiger partial charge in [0.2, 0.25) is 0 Å². The third-order valence-corrected chi connectivity index (χ3v) is 2.50. The second-order valence-electron chi connectivity index (χ2n) is 3.93. The van der Waals surface area contributed by atoms with Crippen molar-refractivity contribution >= 4 is 17.6 Å². The fraction of sp³-hybridized carbons (Fsp3) is 0. The van der Waals surface area contributed by atoms with Crippen molar-refractivity contribution in [2.24, 2.45) is 0 Å². The van der Waals surface area contributed by atoms with E-state index in [0.29, 0.717) is 12.1 Å². The van der Waals surface area contributed by atoms with E-state index in [4.69, 9.17) is 5.11 Å². The summed E-state index contributed by atoms with van der Waals surface area (Å²) in [4.78, 5) is 26.0. The highest BCUT2D eigenvalue weighted by molar-refractivity contribution is 6.03. The second kappa shape index (κ2) is 5.61. The number of carboxylic acid groups (broad SMARTS) is 1. The van der Waals surface area contributed by atoms with E-state index in [1.54, 1.807) is 0 Å². The highest BCUT2D eigenvalue weighted by Crippen LogP contribution is 2.20. The molecular weight excluding hydrogens is 289 g/mol. The number of aromatic nitrogens is 1. The first kappa shape index (κ1) is 14.5. The molecule has 0 saturated carbocycles. The van der Waals surface area contributed by atoms with Crippen LogP contribution in [0.5, 0.6) is 0 Å². The topological polar surface area (TPSA) is 79.3 Å². The van der Waals surface area contributed by atoms with Gasteiger partial charge in [0.15, 0.2) is 0 Å². The molecule has 1 aromatic heterocycles. The Balaban J connectivity index is 2.30. The number of aromatic carboxylic acids is 1. The van der Waals surface area contributed by atoms with Gasteiger partial charge < -0.3 is 10.4 Å². The molecule has 0 unspecified atom stereocenters. The summed E-state index contributed by atoms with van der Waals surface area (Å²) in [5.74, 6) is -5.57. The molecular formula is C13H7F3N2O3. The summed E-state index contributed by atoms with van der Waals surface area (Å²) in [6, 6.07) is 3.03. The first-order valence-corrected chi connectivity index (χ1v) is 5.53. The predicted molar refractivity (Wildman–Crippen MR) is 65.5 cm³/mol. The SMILES string of the molecule is O=C(Nc1cc(C(=O)O)c(F)cc1F)c1ccc(F)cn1. The molecule has 0 saturated heterocycles. The van der Waals surface area contributed by atoms with Gasteiger partial charge in [0, 0.05) is 6.07 Å². The summed E-state index contributed by atoms with van der Waals surface area (Å²) < 4.78 is 39.4. The average Bonchev–Trinajstić information content (AvgIpc) is 2.42. The smallest absolute Gasteiger partial charge is 0.338 e. The summed E-state index contributed by atoms with van der Waals surface area (Å²) in [6.45, 7) is 0. The molecule has 108 valence electrons. The van der Waals surface area contributed by atoms with Crippen LogP contribution in [0, 0.1) is 17.5 Å². The van der Waals surface area contributed by atoms with Gasteiger partial charge in [-0.1, -0.05) is 0 Å². The fourth-order valence-corrected chi connectivity index (χ4v) is 1.51. The first-order chi connectivity index (χ1) is 9.88. The number of benzene rings is 1. The molecule has 2 aromatic rings. The lowest BCUT2D eigenvalue weighted by atomic mass is 10.1. The van der Waals surface area contributed by atoms with Crippen LogP contribution in [-0.4, -0.2) is 22.0 Å². The van der Waals surface area contributed by atoms with Gasteiger partial charge in [-0.05, 0) is 18.2 Å². The van der Waals surface area contributed by atoms with Crippen LogP contribution >= 0.6 is 0 Å². The van der Waals surface area contributed by atoms with Crippen molar-refractivity contribution in [2.75, 3.05) is 5.32 Å². The van der Waals surface area contributed by atoms with Crippen molar-refractivity contribution in [3.8, 4) is 0 Å². The maximum atomic E-state index is 13.5. The van der Waals surface area contributed by atoms with Crippen LogP contribution in [0.2, 0.25) is 0 Å². The van der Waals surface area contributed by atoms with E-state index < -0.39 is 40.6 Å². The van der Waals surface area contributed by atoms with Crippen LogP contribution in [0.15, 0.2) is 30.5 Å². The predicted octanol–water partition coefficient (Wildman–Crippen LogP) is 2.45. The van der Waals surface area contributed by atoms with Gasteiger partial charge in [0.05, 0.1) is 17.4 Å².